The van der Waals surface area contributed by atoms with E-state index in [0.717, 1.165) is 23.6 Å². The van der Waals surface area contributed by atoms with Crippen molar-refractivity contribution in [1.82, 2.24) is 15.3 Å². The summed E-state index contributed by atoms with van der Waals surface area (Å²) in [6, 6.07) is 6.14. The maximum atomic E-state index is 12.7. The van der Waals surface area contributed by atoms with Gasteiger partial charge in [0.15, 0.2) is 0 Å². The minimum Gasteiger partial charge on any atom is -0.363 e. The van der Waals surface area contributed by atoms with Gasteiger partial charge in [-0.25, -0.2) is 4.98 Å². The summed E-state index contributed by atoms with van der Waals surface area (Å²) in [5, 5.41) is 5.54. The third-order valence-electron chi connectivity index (χ3n) is 3.44. The van der Waals surface area contributed by atoms with E-state index in [1.54, 1.807) is 0 Å². The topological polar surface area (TPSA) is 70.2 Å². The quantitative estimate of drug-likeness (QED) is 0.769. The lowest BCUT2D eigenvalue weighted by Crippen LogP contribution is -2.29. The van der Waals surface area contributed by atoms with Crippen LogP contribution in [0.3, 0.4) is 0 Å². The zero-order valence-corrected chi connectivity index (χ0v) is 14.7. The maximum Gasteiger partial charge on any atom is 0.416 e. The summed E-state index contributed by atoms with van der Waals surface area (Å²) in [5.41, 5.74) is -0.103. The van der Waals surface area contributed by atoms with Gasteiger partial charge in [0.1, 0.15) is 5.82 Å². The lowest BCUT2D eigenvalue weighted by Gasteiger charge is -2.14. The summed E-state index contributed by atoms with van der Waals surface area (Å²) in [6.45, 7) is 2.39. The van der Waals surface area contributed by atoms with Gasteiger partial charge in [-0.3, -0.25) is 4.79 Å². The molecule has 0 saturated carbocycles. The lowest BCUT2D eigenvalue weighted by molar-refractivity contribution is -0.137. The number of anilines is 2. The molecule has 1 aromatic heterocycles. The van der Waals surface area contributed by atoms with Gasteiger partial charge in [0.05, 0.1) is 5.56 Å². The Morgan fingerprint density at radius 1 is 1.15 bits per heavy atom. The van der Waals surface area contributed by atoms with Crippen LogP contribution in [0.25, 0.3) is 0 Å². The Bertz CT molecular complexity index is 777. The van der Waals surface area contributed by atoms with Crippen LogP contribution in [-0.2, 0) is 6.18 Å². The van der Waals surface area contributed by atoms with Crippen molar-refractivity contribution in [3.05, 3.63) is 47.2 Å². The predicted molar refractivity (Wildman–Crippen MR) is 93.4 cm³/mol. The Labute approximate surface area is 149 Å². The maximum absolute atomic E-state index is 12.7. The average Bonchev–Trinajstić information content (AvgIpc) is 2.57. The van der Waals surface area contributed by atoms with Crippen LogP contribution in [0.1, 0.15) is 21.6 Å². The summed E-state index contributed by atoms with van der Waals surface area (Å²) in [6.07, 6.45) is -4.48. The summed E-state index contributed by atoms with van der Waals surface area (Å²) in [5.74, 6) is 0.590. The van der Waals surface area contributed by atoms with E-state index in [-0.39, 0.29) is 12.1 Å². The van der Waals surface area contributed by atoms with Crippen molar-refractivity contribution in [3.63, 3.8) is 0 Å². The van der Waals surface area contributed by atoms with Gasteiger partial charge in [0.25, 0.3) is 5.91 Å². The first-order valence-corrected chi connectivity index (χ1v) is 7.89. The minimum absolute atomic E-state index is 0.0403. The minimum atomic E-state index is -4.48. The van der Waals surface area contributed by atoms with Crippen LogP contribution in [0.5, 0.6) is 0 Å². The Balaban J connectivity index is 1.90. The third kappa shape index (κ3) is 5.33. The Hall–Kier alpha value is -2.84. The van der Waals surface area contributed by atoms with Crippen LogP contribution in [0.4, 0.5) is 24.9 Å². The van der Waals surface area contributed by atoms with E-state index in [9.17, 15) is 18.0 Å². The largest absolute Gasteiger partial charge is 0.416 e. The second kappa shape index (κ2) is 8.03. The van der Waals surface area contributed by atoms with Gasteiger partial charge in [-0.05, 0) is 25.1 Å². The summed E-state index contributed by atoms with van der Waals surface area (Å²) in [4.78, 5) is 22.4. The molecule has 140 valence electrons. The third-order valence-corrected chi connectivity index (χ3v) is 3.44. The van der Waals surface area contributed by atoms with Gasteiger partial charge >= 0.3 is 6.18 Å². The molecule has 0 saturated heterocycles. The number of aryl methyl sites for hydroxylation is 1. The highest BCUT2D eigenvalue weighted by molar-refractivity contribution is 5.94. The highest BCUT2D eigenvalue weighted by Gasteiger charge is 2.30. The number of hydrogen-bond acceptors (Lipinski definition) is 5. The number of hydrogen-bond donors (Lipinski definition) is 2. The molecule has 0 radical (unpaired) electrons. The van der Waals surface area contributed by atoms with Crippen molar-refractivity contribution in [2.75, 3.05) is 37.4 Å². The smallest absolute Gasteiger partial charge is 0.363 e. The van der Waals surface area contributed by atoms with Crippen molar-refractivity contribution < 1.29 is 18.0 Å². The molecule has 1 amide bonds. The average molecular weight is 367 g/mol. The highest BCUT2D eigenvalue weighted by Crippen LogP contribution is 2.29. The number of carbonyl (C=O) groups is 1. The van der Waals surface area contributed by atoms with Crippen LogP contribution in [0.15, 0.2) is 30.3 Å². The van der Waals surface area contributed by atoms with Gasteiger partial charge in [0.2, 0.25) is 5.95 Å². The summed E-state index contributed by atoms with van der Waals surface area (Å²) in [7, 11) is 3.72. The van der Waals surface area contributed by atoms with Gasteiger partial charge in [0, 0.05) is 44.5 Å². The number of halogens is 3. The van der Waals surface area contributed by atoms with Gasteiger partial charge < -0.3 is 15.5 Å². The molecular formula is C17H20F3N5O. The summed E-state index contributed by atoms with van der Waals surface area (Å²) >= 11 is 0. The van der Waals surface area contributed by atoms with Crippen LogP contribution >= 0.6 is 0 Å². The molecule has 0 unspecified atom stereocenters. The van der Waals surface area contributed by atoms with Gasteiger partial charge in [-0.1, -0.05) is 6.07 Å². The SMILES string of the molecule is Cc1cc(N(C)C)nc(NCCNC(=O)c2cccc(C(F)(F)F)c2)n1. The van der Waals surface area contributed by atoms with Crippen molar-refractivity contribution in [2.24, 2.45) is 0 Å². The Kier molecular flexibility index (Phi) is 6.01. The van der Waals surface area contributed by atoms with Crippen molar-refractivity contribution in [1.29, 1.82) is 0 Å². The van der Waals surface area contributed by atoms with Crippen LogP contribution in [0.2, 0.25) is 0 Å². The zero-order chi connectivity index (χ0) is 19.3. The van der Waals surface area contributed by atoms with E-state index in [4.69, 9.17) is 0 Å². The first kappa shape index (κ1) is 19.5. The van der Waals surface area contributed by atoms with Crippen LogP contribution < -0.4 is 15.5 Å². The van der Waals surface area contributed by atoms with Crippen molar-refractivity contribution in [2.45, 2.75) is 13.1 Å². The second-order valence-corrected chi connectivity index (χ2v) is 5.85. The number of alkyl halides is 3. The van der Waals surface area contributed by atoms with E-state index in [1.807, 2.05) is 32.0 Å². The first-order chi connectivity index (χ1) is 12.2. The molecular weight excluding hydrogens is 347 g/mol. The molecule has 2 rings (SSSR count). The number of amides is 1. The Morgan fingerprint density at radius 2 is 1.88 bits per heavy atom. The molecule has 1 heterocycles. The number of carbonyl (C=O) groups excluding carboxylic acids is 1. The molecule has 0 atom stereocenters. The number of nitrogens with zero attached hydrogens (tertiary/aromatic N) is 3. The van der Waals surface area contributed by atoms with E-state index in [1.165, 1.54) is 12.1 Å². The van der Waals surface area contributed by atoms with Crippen molar-refractivity contribution >= 4 is 17.7 Å². The second-order valence-electron chi connectivity index (χ2n) is 5.85. The van der Waals surface area contributed by atoms with E-state index < -0.39 is 17.6 Å². The fourth-order valence-electron chi connectivity index (χ4n) is 2.15. The van der Waals surface area contributed by atoms with E-state index in [2.05, 4.69) is 20.6 Å². The number of rotatable bonds is 6. The Morgan fingerprint density at radius 3 is 2.54 bits per heavy atom. The monoisotopic (exact) mass is 367 g/mol. The van der Waals surface area contributed by atoms with Gasteiger partial charge in [-0.2, -0.15) is 18.2 Å². The lowest BCUT2D eigenvalue weighted by atomic mass is 10.1. The number of nitrogens with one attached hydrogen (secondary N) is 2. The van der Waals surface area contributed by atoms with Crippen molar-refractivity contribution in [3.8, 4) is 0 Å². The standard InChI is InChI=1S/C17H20F3N5O/c1-11-9-14(25(2)3)24-16(23-11)22-8-7-21-15(26)12-5-4-6-13(10-12)17(18,19)20/h4-6,9-10H,7-8H2,1-3H3,(H,21,26)(H,22,23,24). The summed E-state index contributed by atoms with van der Waals surface area (Å²) < 4.78 is 38.1. The van der Waals surface area contributed by atoms with E-state index in [0.29, 0.717) is 12.5 Å². The molecule has 9 heteroatoms. The fraction of sp³-hybridized carbons (Fsp3) is 0.353. The molecule has 26 heavy (non-hydrogen) atoms. The molecule has 0 fully saturated rings. The molecule has 0 aliphatic carbocycles. The molecule has 0 aliphatic rings. The predicted octanol–water partition coefficient (Wildman–Crippen LogP) is 2.71. The molecule has 0 spiro atoms. The molecule has 0 aliphatic heterocycles. The molecule has 2 aromatic rings. The normalized spacial score (nSPS) is 11.2. The highest BCUT2D eigenvalue weighted by atomic mass is 19.4. The van der Waals surface area contributed by atoms with Crippen LogP contribution in [0, 0.1) is 6.92 Å². The molecule has 0 bridgehead atoms. The zero-order valence-electron chi connectivity index (χ0n) is 14.7. The number of aromatic nitrogens is 2. The van der Waals surface area contributed by atoms with E-state index >= 15 is 0 Å². The number of benzene rings is 1. The first-order valence-electron chi connectivity index (χ1n) is 7.89. The van der Waals surface area contributed by atoms with Crippen LogP contribution in [-0.4, -0.2) is 43.1 Å². The molecule has 6 nitrogen and oxygen atoms in total. The molecule has 1 aromatic carbocycles. The molecule has 2 N–H and O–H groups in total. The van der Waals surface area contributed by atoms with Gasteiger partial charge in [-0.15, -0.1) is 0 Å². The fourth-order valence-corrected chi connectivity index (χ4v) is 2.15.